The second kappa shape index (κ2) is 21.8. The van der Waals surface area contributed by atoms with Crippen molar-refractivity contribution in [3.63, 3.8) is 0 Å². The van der Waals surface area contributed by atoms with E-state index in [0.29, 0.717) is 62.4 Å². The van der Waals surface area contributed by atoms with Gasteiger partial charge in [0, 0.05) is 46.9 Å². The monoisotopic (exact) mass is 924 g/mol. The lowest BCUT2D eigenvalue weighted by molar-refractivity contribution is -0.114. The summed E-state index contributed by atoms with van der Waals surface area (Å²) in [6, 6.07) is 15.2. The van der Waals surface area contributed by atoms with Crippen LogP contribution in [0.3, 0.4) is 0 Å². The van der Waals surface area contributed by atoms with E-state index in [2.05, 4.69) is 57.6 Å². The molecule has 18 nitrogen and oxygen atoms in total. The Morgan fingerprint density at radius 3 is 2.05 bits per heavy atom. The summed E-state index contributed by atoms with van der Waals surface area (Å²) in [5.74, 6) is 3.38. The molecule has 1 aromatic heterocycles. The summed E-state index contributed by atoms with van der Waals surface area (Å²) in [6.45, 7) is 10.1. The highest BCUT2D eigenvalue weighted by atomic mass is 79.9. The van der Waals surface area contributed by atoms with E-state index in [4.69, 9.17) is 46.7 Å². The van der Waals surface area contributed by atoms with Crippen LogP contribution in [-0.4, -0.2) is 84.2 Å². The molecule has 1 unspecified atom stereocenters. The van der Waals surface area contributed by atoms with Crippen LogP contribution in [0.5, 0.6) is 11.5 Å². The molecule has 2 saturated heterocycles. The molecule has 0 saturated carbocycles. The van der Waals surface area contributed by atoms with Crippen LogP contribution in [0.25, 0.3) is 11.1 Å². The molecule has 2 amide bonds. The second-order valence-electron chi connectivity index (χ2n) is 15.7. The number of benzene rings is 2. The molecule has 0 radical (unpaired) electrons. The summed E-state index contributed by atoms with van der Waals surface area (Å²) >= 11 is 3.44. The zero-order chi connectivity index (χ0) is 46.0. The molecule has 5 heterocycles. The Labute approximate surface area is 375 Å². The number of rotatable bonds is 10. The first kappa shape index (κ1) is 48.0. The highest BCUT2D eigenvalue weighted by Gasteiger charge is 2.31. The number of aromatic nitrogens is 2. The number of nitrogens with zero attached hydrogens (tertiary/aromatic N) is 4. The molecule has 4 aliphatic rings. The van der Waals surface area contributed by atoms with Crippen LogP contribution < -0.4 is 37.1 Å². The minimum absolute atomic E-state index is 0.104. The van der Waals surface area contributed by atoms with E-state index in [9.17, 15) is 24.9 Å². The lowest BCUT2D eigenvalue weighted by Crippen LogP contribution is -2.41. The van der Waals surface area contributed by atoms with Crippen LogP contribution in [0.2, 0.25) is 0 Å². The van der Waals surface area contributed by atoms with E-state index in [-0.39, 0.29) is 41.0 Å². The molecule has 330 valence electrons. The van der Waals surface area contributed by atoms with Gasteiger partial charge in [0.2, 0.25) is 0 Å². The van der Waals surface area contributed by atoms with Crippen LogP contribution >= 0.6 is 15.9 Å². The van der Waals surface area contributed by atoms with Gasteiger partial charge in [-0.2, -0.15) is 15.6 Å². The van der Waals surface area contributed by atoms with E-state index in [0.717, 1.165) is 32.5 Å². The normalized spacial score (nSPS) is 20.3. The maximum atomic E-state index is 12.0. The quantitative estimate of drug-likeness (QED) is 0.0618. The van der Waals surface area contributed by atoms with E-state index in [1.165, 1.54) is 6.20 Å². The largest absolute Gasteiger partial charge is 0.552 e. The molecule has 4 aliphatic heterocycles. The van der Waals surface area contributed by atoms with Gasteiger partial charge < -0.3 is 56.7 Å². The average molecular weight is 925 g/mol. The fourth-order valence-electron chi connectivity index (χ4n) is 7.22. The molecule has 0 aliphatic carbocycles. The van der Waals surface area contributed by atoms with Crippen molar-refractivity contribution < 1.29 is 38.4 Å². The highest BCUT2D eigenvalue weighted by Crippen LogP contribution is 2.39. The SMILES string of the molecule is CC(C)C1=CB(O)Oc2ccc(Br)cc21.CC(C)C1=CB(O)Oc2ccc(Nc3nn([C@@H]4COCC[C@H]4C#N)cc3C(N)=O)cc21.N#C[C@H]1CCOCC1N/C=C(\C(=N)N)C(N)=O. The van der Waals surface area contributed by atoms with Crippen LogP contribution in [-0.2, 0) is 14.3 Å². The van der Waals surface area contributed by atoms with Gasteiger partial charge >= 0.3 is 14.2 Å². The third-order valence-electron chi connectivity index (χ3n) is 10.5. The van der Waals surface area contributed by atoms with Crippen molar-refractivity contribution in [3.8, 4) is 23.6 Å². The lowest BCUT2D eigenvalue weighted by atomic mass is 9.78. The first-order valence-corrected chi connectivity index (χ1v) is 21.1. The molecule has 63 heavy (non-hydrogen) atoms. The van der Waals surface area contributed by atoms with Gasteiger partial charge in [0.25, 0.3) is 11.8 Å². The van der Waals surface area contributed by atoms with Crippen molar-refractivity contribution in [3.05, 3.63) is 87.5 Å². The second-order valence-corrected chi connectivity index (χ2v) is 16.6. The molecular weight excluding hydrogens is 874 g/mol. The number of carbonyl (C=O) groups excluding carboxylic acids is 2. The number of fused-ring (bicyclic) bond motifs is 2. The molecular formula is C42H51B2BrN10O8. The Kier molecular flexibility index (Phi) is 16.6. The minimum atomic E-state index is -0.980. The van der Waals surface area contributed by atoms with Crippen LogP contribution in [0, 0.1) is 51.7 Å². The molecule has 2 fully saturated rings. The number of amides is 2. The molecule has 2 aromatic carbocycles. The summed E-state index contributed by atoms with van der Waals surface area (Å²) in [5.41, 5.74) is 20.7. The third-order valence-corrected chi connectivity index (χ3v) is 11.0. The van der Waals surface area contributed by atoms with E-state index >= 15 is 0 Å². The van der Waals surface area contributed by atoms with E-state index in [1.807, 2.05) is 38.1 Å². The van der Waals surface area contributed by atoms with Crippen molar-refractivity contribution in [2.24, 2.45) is 40.9 Å². The number of nitrogens with one attached hydrogen (secondary N) is 3. The predicted molar refractivity (Wildman–Crippen MR) is 242 cm³/mol. The lowest BCUT2D eigenvalue weighted by Gasteiger charge is -2.27. The van der Waals surface area contributed by atoms with Gasteiger partial charge in [-0.3, -0.25) is 19.7 Å². The summed E-state index contributed by atoms with van der Waals surface area (Å²) in [5, 5.41) is 55.5. The molecule has 3 aromatic rings. The fraction of sp³-hybridized carbons (Fsp3) is 0.381. The molecule has 11 N–H and O–H groups in total. The molecule has 7 rings (SSSR count). The Hall–Kier alpha value is -6.09. The van der Waals surface area contributed by atoms with E-state index < -0.39 is 31.9 Å². The first-order valence-electron chi connectivity index (χ1n) is 20.3. The number of ether oxygens (including phenoxy) is 2. The molecule has 21 heteroatoms. The van der Waals surface area contributed by atoms with Gasteiger partial charge in [-0.15, -0.1) is 0 Å². The van der Waals surface area contributed by atoms with Crippen molar-refractivity contribution >= 4 is 70.5 Å². The Balaban J connectivity index is 0.000000197. The topological polar surface area (TPSA) is 303 Å². The van der Waals surface area contributed by atoms with Crippen LogP contribution in [0.4, 0.5) is 11.5 Å². The summed E-state index contributed by atoms with van der Waals surface area (Å²) in [7, 11) is -1.80. The number of nitrogens with two attached hydrogens (primary N) is 3. The first-order chi connectivity index (χ1) is 30.0. The number of allylic oxidation sites excluding steroid dienone is 2. The number of halogens is 1. The third kappa shape index (κ3) is 12.3. The summed E-state index contributed by atoms with van der Waals surface area (Å²) in [4.78, 5) is 23.0. The summed E-state index contributed by atoms with van der Waals surface area (Å²) < 4.78 is 24.2. The predicted octanol–water partition coefficient (Wildman–Crippen LogP) is 3.99. The van der Waals surface area contributed by atoms with E-state index in [1.54, 1.807) is 35.0 Å². The Morgan fingerprint density at radius 2 is 1.49 bits per heavy atom. The van der Waals surface area contributed by atoms with Gasteiger partial charge in [0.15, 0.2) is 5.82 Å². The van der Waals surface area contributed by atoms with Gasteiger partial charge in [-0.05, 0) is 84.2 Å². The maximum Gasteiger partial charge on any atom is 0.552 e. The Morgan fingerprint density at radius 1 is 0.921 bits per heavy atom. The zero-order valence-electron chi connectivity index (χ0n) is 35.4. The van der Waals surface area contributed by atoms with Gasteiger partial charge in [0.05, 0.1) is 54.8 Å². The number of anilines is 2. The van der Waals surface area contributed by atoms with Crippen LogP contribution in [0.15, 0.2) is 70.8 Å². The number of nitriles is 2. The molecule has 4 atom stereocenters. The highest BCUT2D eigenvalue weighted by molar-refractivity contribution is 9.10. The van der Waals surface area contributed by atoms with Crippen molar-refractivity contribution in [2.75, 3.05) is 31.7 Å². The fourth-order valence-corrected chi connectivity index (χ4v) is 7.58. The van der Waals surface area contributed by atoms with Crippen molar-refractivity contribution in [1.82, 2.24) is 15.1 Å². The van der Waals surface area contributed by atoms with Gasteiger partial charge in [-0.25, -0.2) is 0 Å². The number of amidine groups is 1. The van der Waals surface area contributed by atoms with Crippen LogP contribution in [0.1, 0.15) is 68.1 Å². The Bertz CT molecular complexity index is 2340. The number of hydrogen-bond donors (Lipinski definition) is 8. The average Bonchev–Trinajstić information content (AvgIpc) is 3.67. The van der Waals surface area contributed by atoms with Crippen molar-refractivity contribution in [2.45, 2.75) is 52.6 Å². The minimum Gasteiger partial charge on any atom is -0.532 e. The summed E-state index contributed by atoms with van der Waals surface area (Å²) in [6.07, 6.45) is 4.07. The smallest absolute Gasteiger partial charge is 0.532 e. The standard InChI is InChI=1S/C21H24BN5O4.C11H12BBrO2.C10H15N5O2/c1-12(2)16-8-22(29)31-19-4-3-14(7-15(16)19)25-21-17(20(24)28)10-27(26-21)18-11-30-6-5-13(18)9-23;1-7(2)10-6-12(14)15-11-4-3-8(13)5-9(10)11;11-3-6-1-2-17-5-8(6)15-4-7(9(12)13)10(14)16/h3-4,7-8,10,12-13,18,29H,5-6,11H2,1-2H3,(H2,24,28)(H,25,26);3-7,14H,1-2H3;4,6,8,15H,1-2,5H2,(H3,12,13)(H2,14,16)/b;;7-4+/t13-,18+;;6-,8?/m0.1/s1. The zero-order valence-corrected chi connectivity index (χ0v) is 37.0. The maximum absolute atomic E-state index is 12.0. The number of hydrogen-bond acceptors (Lipinski definition) is 14. The number of carbonyl (C=O) groups is 2. The van der Waals surface area contributed by atoms with Gasteiger partial charge in [-0.1, -0.05) is 43.6 Å². The van der Waals surface area contributed by atoms with Crippen molar-refractivity contribution in [1.29, 1.82) is 15.9 Å². The number of primary amides is 2. The molecule has 0 spiro atoms. The van der Waals surface area contributed by atoms with Gasteiger partial charge in [0.1, 0.15) is 22.9 Å². The molecule has 0 bridgehead atoms.